The van der Waals surface area contributed by atoms with E-state index in [2.05, 4.69) is 4.98 Å². The fourth-order valence-corrected chi connectivity index (χ4v) is 1.22. The van der Waals surface area contributed by atoms with E-state index in [0.717, 1.165) is 5.76 Å². The lowest BCUT2D eigenvalue weighted by atomic mass is 10.3. The molecule has 4 heteroatoms. The number of aliphatic hydroxyl groups is 1. The van der Waals surface area contributed by atoms with Crippen LogP contribution in [0.25, 0.3) is 0 Å². The van der Waals surface area contributed by atoms with Crippen LogP contribution >= 0.6 is 0 Å². The number of oxazole rings is 1. The molecule has 0 spiro atoms. The number of furan rings is 1. The number of nitrogens with zero attached hydrogens (tertiary/aromatic N) is 1. The predicted molar refractivity (Wildman–Crippen MR) is 48.8 cm³/mol. The summed E-state index contributed by atoms with van der Waals surface area (Å²) in [4.78, 5) is 4.07. The van der Waals surface area contributed by atoms with Crippen LogP contribution in [-0.4, -0.2) is 16.7 Å². The molecule has 0 atom stereocenters. The Bertz CT molecular complexity index is 378. The summed E-state index contributed by atoms with van der Waals surface area (Å²) >= 11 is 0. The molecule has 0 aliphatic heterocycles. The van der Waals surface area contributed by atoms with Crippen LogP contribution < -0.4 is 0 Å². The molecule has 74 valence electrons. The fourth-order valence-electron chi connectivity index (χ4n) is 1.22. The first-order chi connectivity index (χ1) is 6.88. The predicted octanol–water partition coefficient (Wildman–Crippen LogP) is 1.39. The molecular weight excluding hydrogens is 182 g/mol. The van der Waals surface area contributed by atoms with E-state index < -0.39 is 0 Å². The third-order valence-corrected chi connectivity index (χ3v) is 1.87. The van der Waals surface area contributed by atoms with Crippen LogP contribution in [0, 0.1) is 0 Å². The Balaban J connectivity index is 2.03. The van der Waals surface area contributed by atoms with E-state index in [1.165, 1.54) is 0 Å². The van der Waals surface area contributed by atoms with Crippen molar-refractivity contribution in [2.24, 2.45) is 0 Å². The molecule has 2 aromatic heterocycles. The Kier molecular flexibility index (Phi) is 2.65. The lowest BCUT2D eigenvalue weighted by Crippen LogP contribution is -1.87. The molecule has 0 radical (unpaired) electrons. The molecule has 0 saturated carbocycles. The summed E-state index contributed by atoms with van der Waals surface area (Å²) in [5, 5.41) is 8.68. The van der Waals surface area contributed by atoms with Gasteiger partial charge in [-0.15, -0.1) is 0 Å². The van der Waals surface area contributed by atoms with Gasteiger partial charge in [0, 0.05) is 6.42 Å². The van der Waals surface area contributed by atoms with Gasteiger partial charge in [-0.05, 0) is 12.1 Å². The minimum Gasteiger partial charge on any atom is -0.469 e. The summed E-state index contributed by atoms with van der Waals surface area (Å²) in [6.45, 7) is 0.0788. The molecule has 0 unspecified atom stereocenters. The molecule has 0 saturated heterocycles. The second-order valence-electron chi connectivity index (χ2n) is 2.95. The van der Waals surface area contributed by atoms with Crippen molar-refractivity contribution in [3.63, 3.8) is 0 Å². The van der Waals surface area contributed by atoms with Gasteiger partial charge >= 0.3 is 0 Å². The zero-order valence-electron chi connectivity index (χ0n) is 7.64. The third kappa shape index (κ3) is 2.03. The summed E-state index contributed by atoms with van der Waals surface area (Å²) in [5.74, 6) is 2.14. The Morgan fingerprint density at radius 1 is 1.36 bits per heavy atom. The third-order valence-electron chi connectivity index (χ3n) is 1.87. The highest BCUT2D eigenvalue weighted by Crippen LogP contribution is 2.10. The first-order valence-electron chi connectivity index (χ1n) is 4.45. The van der Waals surface area contributed by atoms with Crippen molar-refractivity contribution in [2.45, 2.75) is 12.8 Å². The number of rotatable bonds is 4. The van der Waals surface area contributed by atoms with Gasteiger partial charge in [0.1, 0.15) is 11.5 Å². The maximum atomic E-state index is 8.68. The van der Waals surface area contributed by atoms with Gasteiger partial charge in [-0.1, -0.05) is 0 Å². The zero-order chi connectivity index (χ0) is 9.80. The molecule has 0 bridgehead atoms. The van der Waals surface area contributed by atoms with Crippen LogP contribution in [0.1, 0.15) is 17.4 Å². The van der Waals surface area contributed by atoms with E-state index in [-0.39, 0.29) is 6.61 Å². The highest BCUT2D eigenvalue weighted by molar-refractivity contribution is 5.06. The van der Waals surface area contributed by atoms with Crippen molar-refractivity contribution in [1.82, 2.24) is 4.98 Å². The fraction of sp³-hybridized carbons (Fsp3) is 0.300. The molecule has 0 aliphatic carbocycles. The summed E-state index contributed by atoms with van der Waals surface area (Å²) in [6.07, 6.45) is 4.31. The van der Waals surface area contributed by atoms with Crippen LogP contribution in [0.5, 0.6) is 0 Å². The van der Waals surface area contributed by atoms with Gasteiger partial charge in [-0.3, -0.25) is 0 Å². The monoisotopic (exact) mass is 193 g/mol. The van der Waals surface area contributed by atoms with E-state index >= 15 is 0 Å². The average Bonchev–Trinajstić information content (AvgIpc) is 2.79. The molecular formula is C10H11NO3. The lowest BCUT2D eigenvalue weighted by Gasteiger charge is -1.91. The Morgan fingerprint density at radius 2 is 2.29 bits per heavy atom. The molecule has 2 aromatic rings. The van der Waals surface area contributed by atoms with Crippen molar-refractivity contribution in [3.8, 4) is 0 Å². The summed E-state index contributed by atoms with van der Waals surface area (Å²) < 4.78 is 10.5. The van der Waals surface area contributed by atoms with E-state index in [4.69, 9.17) is 13.9 Å². The standard InChI is InChI=1S/C10H11NO3/c12-4-3-9-7-11-10(14-9)6-8-2-1-5-13-8/h1-2,5,7,12H,3-4,6H2. The van der Waals surface area contributed by atoms with Crippen molar-refractivity contribution >= 4 is 0 Å². The highest BCUT2D eigenvalue weighted by atomic mass is 16.4. The number of aromatic nitrogens is 1. The van der Waals surface area contributed by atoms with Crippen LogP contribution in [0.4, 0.5) is 0 Å². The van der Waals surface area contributed by atoms with Crippen LogP contribution in [0.15, 0.2) is 33.4 Å². The second kappa shape index (κ2) is 4.11. The quantitative estimate of drug-likeness (QED) is 0.797. The van der Waals surface area contributed by atoms with Gasteiger partial charge in [-0.25, -0.2) is 4.98 Å². The van der Waals surface area contributed by atoms with Gasteiger partial charge in [0.2, 0.25) is 5.89 Å². The molecule has 2 heterocycles. The first kappa shape index (κ1) is 9.02. The zero-order valence-corrected chi connectivity index (χ0v) is 7.64. The summed E-state index contributed by atoms with van der Waals surface area (Å²) in [6, 6.07) is 3.70. The SMILES string of the molecule is OCCc1cnc(Cc2ccco2)o1. The Morgan fingerprint density at radius 3 is 3.00 bits per heavy atom. The van der Waals surface area contributed by atoms with Crippen molar-refractivity contribution in [3.05, 3.63) is 42.0 Å². The maximum Gasteiger partial charge on any atom is 0.201 e. The second-order valence-corrected chi connectivity index (χ2v) is 2.95. The van der Waals surface area contributed by atoms with Gasteiger partial charge < -0.3 is 13.9 Å². The van der Waals surface area contributed by atoms with Gasteiger partial charge in [-0.2, -0.15) is 0 Å². The van der Waals surface area contributed by atoms with Crippen molar-refractivity contribution in [2.75, 3.05) is 6.61 Å². The topological polar surface area (TPSA) is 59.4 Å². The molecule has 0 fully saturated rings. The van der Waals surface area contributed by atoms with E-state index in [0.29, 0.717) is 24.5 Å². The van der Waals surface area contributed by atoms with Crippen molar-refractivity contribution in [1.29, 1.82) is 0 Å². The molecule has 0 amide bonds. The molecule has 14 heavy (non-hydrogen) atoms. The molecule has 0 aromatic carbocycles. The Labute approximate surface area is 81.2 Å². The molecule has 2 rings (SSSR count). The first-order valence-corrected chi connectivity index (χ1v) is 4.45. The molecule has 0 aliphatic rings. The van der Waals surface area contributed by atoms with E-state index in [1.54, 1.807) is 12.5 Å². The highest BCUT2D eigenvalue weighted by Gasteiger charge is 2.05. The maximum absolute atomic E-state index is 8.68. The molecule has 1 N–H and O–H groups in total. The van der Waals surface area contributed by atoms with Crippen LogP contribution in [0.2, 0.25) is 0 Å². The minimum atomic E-state index is 0.0788. The normalized spacial score (nSPS) is 10.6. The van der Waals surface area contributed by atoms with Gasteiger partial charge in [0.05, 0.1) is 25.5 Å². The smallest absolute Gasteiger partial charge is 0.201 e. The van der Waals surface area contributed by atoms with Crippen LogP contribution in [-0.2, 0) is 12.8 Å². The lowest BCUT2D eigenvalue weighted by molar-refractivity contribution is 0.286. The number of aliphatic hydroxyl groups excluding tert-OH is 1. The molecule has 4 nitrogen and oxygen atoms in total. The number of hydrogen-bond acceptors (Lipinski definition) is 4. The van der Waals surface area contributed by atoms with Gasteiger partial charge in [0.15, 0.2) is 0 Å². The largest absolute Gasteiger partial charge is 0.469 e. The minimum absolute atomic E-state index is 0.0788. The summed E-state index contributed by atoms with van der Waals surface area (Å²) in [7, 11) is 0. The summed E-state index contributed by atoms with van der Waals surface area (Å²) in [5.41, 5.74) is 0. The Hall–Kier alpha value is -1.55. The van der Waals surface area contributed by atoms with Gasteiger partial charge in [0.25, 0.3) is 0 Å². The number of hydrogen-bond donors (Lipinski definition) is 1. The van der Waals surface area contributed by atoms with Crippen molar-refractivity contribution < 1.29 is 13.9 Å². The van der Waals surface area contributed by atoms with E-state index in [1.807, 2.05) is 12.1 Å². The van der Waals surface area contributed by atoms with E-state index in [9.17, 15) is 0 Å². The van der Waals surface area contributed by atoms with Crippen LogP contribution in [0.3, 0.4) is 0 Å². The average molecular weight is 193 g/mol.